The topological polar surface area (TPSA) is 55.6 Å². The number of methoxy groups -OCH3 is 1. The molecule has 4 nitrogen and oxygen atoms in total. The van der Waals surface area contributed by atoms with Crippen LogP contribution in [0.1, 0.15) is 18.1 Å². The lowest BCUT2D eigenvalue weighted by Crippen LogP contribution is -2.34. The molecule has 1 atom stereocenters. The predicted octanol–water partition coefficient (Wildman–Crippen LogP) is 3.27. The summed E-state index contributed by atoms with van der Waals surface area (Å²) >= 11 is 0. The van der Waals surface area contributed by atoms with Crippen LogP contribution in [0.25, 0.3) is 6.08 Å². The van der Waals surface area contributed by atoms with Crippen LogP contribution in [-0.2, 0) is 11.2 Å². The van der Waals surface area contributed by atoms with Gasteiger partial charge >= 0.3 is 0 Å². The molecule has 1 heterocycles. The van der Waals surface area contributed by atoms with E-state index in [1.165, 1.54) is 5.56 Å². The largest absolute Gasteiger partial charge is 0.495 e. The first kappa shape index (κ1) is 15.2. The fraction of sp³-hybridized carbons (Fsp3) is 0.211. The minimum absolute atomic E-state index is 0.0168. The summed E-state index contributed by atoms with van der Waals surface area (Å²) in [6, 6.07) is 13.7. The normalized spacial score (nSPS) is 16.6. The first-order valence-electron chi connectivity index (χ1n) is 7.63. The number of ether oxygens (including phenoxy) is 1. The third-order valence-electron chi connectivity index (χ3n) is 4.12. The Morgan fingerprint density at radius 1 is 1.30 bits per heavy atom. The SMILES string of the molecule is COc1ccc(/C=C\C(=O)N2c3ccccc3CC2C)cc1N. The average Bonchev–Trinajstić information content (AvgIpc) is 2.88. The molecular weight excluding hydrogens is 288 g/mol. The Bertz CT molecular complexity index is 768. The Kier molecular flexibility index (Phi) is 4.06. The molecule has 23 heavy (non-hydrogen) atoms. The summed E-state index contributed by atoms with van der Waals surface area (Å²) in [7, 11) is 1.58. The summed E-state index contributed by atoms with van der Waals surface area (Å²) in [4.78, 5) is 14.4. The summed E-state index contributed by atoms with van der Waals surface area (Å²) in [6.45, 7) is 2.07. The van der Waals surface area contributed by atoms with Crippen molar-refractivity contribution in [3.63, 3.8) is 0 Å². The molecule has 0 radical (unpaired) electrons. The fourth-order valence-electron chi connectivity index (χ4n) is 3.01. The quantitative estimate of drug-likeness (QED) is 0.699. The van der Waals surface area contributed by atoms with Gasteiger partial charge in [0.15, 0.2) is 0 Å². The maximum atomic E-state index is 12.6. The molecule has 3 rings (SSSR count). The number of fused-ring (bicyclic) bond motifs is 1. The molecular formula is C19H20N2O2. The van der Waals surface area contributed by atoms with Crippen LogP contribution in [0.2, 0.25) is 0 Å². The van der Waals surface area contributed by atoms with Crippen molar-refractivity contribution in [2.24, 2.45) is 0 Å². The molecule has 1 aliphatic rings. The number of anilines is 2. The van der Waals surface area contributed by atoms with E-state index in [1.54, 1.807) is 31.4 Å². The van der Waals surface area contributed by atoms with Crippen molar-refractivity contribution in [2.45, 2.75) is 19.4 Å². The highest BCUT2D eigenvalue weighted by Gasteiger charge is 2.29. The van der Waals surface area contributed by atoms with E-state index >= 15 is 0 Å². The van der Waals surface area contributed by atoms with Gasteiger partial charge in [0.2, 0.25) is 0 Å². The van der Waals surface area contributed by atoms with E-state index in [1.807, 2.05) is 29.2 Å². The molecule has 0 fully saturated rings. The number of nitrogens with two attached hydrogens (primary N) is 1. The molecule has 2 aromatic carbocycles. The molecule has 0 spiro atoms. The van der Waals surface area contributed by atoms with Gasteiger partial charge < -0.3 is 15.4 Å². The molecule has 0 aliphatic carbocycles. The highest BCUT2D eigenvalue weighted by molar-refractivity contribution is 6.05. The smallest absolute Gasteiger partial charge is 0.251 e. The number of nitrogens with zero attached hydrogens (tertiary/aromatic N) is 1. The van der Waals surface area contributed by atoms with Crippen LogP contribution in [0, 0.1) is 0 Å². The number of carbonyl (C=O) groups excluding carboxylic acids is 1. The molecule has 2 aromatic rings. The predicted molar refractivity (Wildman–Crippen MR) is 93.5 cm³/mol. The Labute approximate surface area is 136 Å². The van der Waals surface area contributed by atoms with Gasteiger partial charge in [-0.15, -0.1) is 0 Å². The van der Waals surface area contributed by atoms with Crippen molar-refractivity contribution < 1.29 is 9.53 Å². The second-order valence-electron chi connectivity index (χ2n) is 5.72. The summed E-state index contributed by atoms with van der Waals surface area (Å²) in [5.74, 6) is 0.618. The van der Waals surface area contributed by atoms with Gasteiger partial charge in [0.25, 0.3) is 5.91 Å². The van der Waals surface area contributed by atoms with Gasteiger partial charge in [-0.1, -0.05) is 24.3 Å². The Hall–Kier alpha value is -2.75. The number of hydrogen-bond acceptors (Lipinski definition) is 3. The second-order valence-corrected chi connectivity index (χ2v) is 5.72. The van der Waals surface area contributed by atoms with Crippen molar-refractivity contribution >= 4 is 23.4 Å². The molecule has 0 bridgehead atoms. The van der Waals surface area contributed by atoms with Crippen molar-refractivity contribution in [1.82, 2.24) is 0 Å². The van der Waals surface area contributed by atoms with E-state index in [-0.39, 0.29) is 11.9 Å². The Morgan fingerprint density at radius 3 is 2.83 bits per heavy atom. The molecule has 0 saturated heterocycles. The van der Waals surface area contributed by atoms with Gasteiger partial charge in [-0.3, -0.25) is 4.79 Å². The number of nitrogen functional groups attached to an aromatic ring is 1. The van der Waals surface area contributed by atoms with E-state index in [2.05, 4.69) is 13.0 Å². The lowest BCUT2D eigenvalue weighted by molar-refractivity contribution is -0.114. The molecule has 118 valence electrons. The first-order chi connectivity index (χ1) is 11.1. The fourth-order valence-corrected chi connectivity index (χ4v) is 3.01. The third-order valence-corrected chi connectivity index (χ3v) is 4.12. The summed E-state index contributed by atoms with van der Waals surface area (Å²) in [6.07, 6.45) is 4.27. The number of hydrogen-bond donors (Lipinski definition) is 1. The van der Waals surface area contributed by atoms with Gasteiger partial charge in [-0.05, 0) is 48.7 Å². The highest BCUT2D eigenvalue weighted by Crippen LogP contribution is 2.32. The maximum Gasteiger partial charge on any atom is 0.251 e. The van der Waals surface area contributed by atoms with Gasteiger partial charge in [-0.25, -0.2) is 0 Å². The molecule has 2 N–H and O–H groups in total. The van der Waals surface area contributed by atoms with Crippen molar-refractivity contribution in [3.05, 3.63) is 59.7 Å². The van der Waals surface area contributed by atoms with Crippen molar-refractivity contribution in [3.8, 4) is 5.75 Å². The van der Waals surface area contributed by atoms with Gasteiger partial charge in [0.1, 0.15) is 5.75 Å². The molecule has 1 amide bonds. The molecule has 0 aromatic heterocycles. The standard InChI is InChI=1S/C19H20N2O2/c1-13-11-15-5-3-4-6-17(15)21(13)19(22)10-8-14-7-9-18(23-2)16(20)12-14/h3-10,12-13H,11,20H2,1-2H3/b10-8-. The zero-order valence-corrected chi connectivity index (χ0v) is 13.3. The Balaban J connectivity index is 1.80. The van der Waals surface area contributed by atoms with E-state index < -0.39 is 0 Å². The number of rotatable bonds is 3. The van der Waals surface area contributed by atoms with Crippen LogP contribution in [0.15, 0.2) is 48.5 Å². The third kappa shape index (κ3) is 2.93. The number of benzene rings is 2. The maximum absolute atomic E-state index is 12.6. The summed E-state index contributed by atoms with van der Waals surface area (Å²) in [5.41, 5.74) is 9.54. The van der Waals surface area contributed by atoms with Crippen molar-refractivity contribution in [1.29, 1.82) is 0 Å². The molecule has 1 unspecified atom stereocenters. The van der Waals surface area contributed by atoms with E-state index in [4.69, 9.17) is 10.5 Å². The van der Waals surface area contributed by atoms with Crippen molar-refractivity contribution in [2.75, 3.05) is 17.7 Å². The number of carbonyl (C=O) groups is 1. The molecule has 1 aliphatic heterocycles. The van der Waals surface area contributed by atoms with Gasteiger partial charge in [0, 0.05) is 17.8 Å². The zero-order valence-electron chi connectivity index (χ0n) is 13.3. The monoisotopic (exact) mass is 308 g/mol. The lowest BCUT2D eigenvalue weighted by atomic mass is 10.1. The van der Waals surface area contributed by atoms with Crippen LogP contribution in [-0.4, -0.2) is 19.1 Å². The Morgan fingerprint density at radius 2 is 2.09 bits per heavy atom. The second kappa shape index (κ2) is 6.16. The minimum atomic E-state index is -0.0168. The molecule has 4 heteroatoms. The van der Waals surface area contributed by atoms with Crippen LogP contribution in [0.4, 0.5) is 11.4 Å². The minimum Gasteiger partial charge on any atom is -0.495 e. The average molecular weight is 308 g/mol. The van der Waals surface area contributed by atoms with Crippen LogP contribution >= 0.6 is 0 Å². The number of para-hydroxylation sites is 1. The summed E-state index contributed by atoms with van der Waals surface area (Å²) < 4.78 is 5.14. The molecule has 0 saturated carbocycles. The summed E-state index contributed by atoms with van der Waals surface area (Å²) in [5, 5.41) is 0. The highest BCUT2D eigenvalue weighted by atomic mass is 16.5. The van der Waals surface area contributed by atoms with Crippen LogP contribution in [0.3, 0.4) is 0 Å². The van der Waals surface area contributed by atoms with E-state index in [0.29, 0.717) is 11.4 Å². The zero-order chi connectivity index (χ0) is 16.4. The van der Waals surface area contributed by atoms with E-state index in [9.17, 15) is 4.79 Å². The van der Waals surface area contributed by atoms with Crippen LogP contribution in [0.5, 0.6) is 5.75 Å². The van der Waals surface area contributed by atoms with Gasteiger partial charge in [-0.2, -0.15) is 0 Å². The number of amides is 1. The van der Waals surface area contributed by atoms with Gasteiger partial charge in [0.05, 0.1) is 12.8 Å². The van der Waals surface area contributed by atoms with E-state index in [0.717, 1.165) is 17.7 Å². The van der Waals surface area contributed by atoms with Crippen LogP contribution < -0.4 is 15.4 Å². The lowest BCUT2D eigenvalue weighted by Gasteiger charge is -2.21. The first-order valence-corrected chi connectivity index (χ1v) is 7.63.